The lowest BCUT2D eigenvalue weighted by Crippen LogP contribution is -2.51. The maximum atomic E-state index is 6.16. The van der Waals surface area contributed by atoms with Gasteiger partial charge in [0.2, 0.25) is 0 Å². The van der Waals surface area contributed by atoms with Crippen LogP contribution in [0.3, 0.4) is 0 Å². The highest BCUT2D eigenvalue weighted by Crippen LogP contribution is 2.35. The van der Waals surface area contributed by atoms with Crippen molar-refractivity contribution in [3.05, 3.63) is 29.8 Å². The highest BCUT2D eigenvalue weighted by molar-refractivity contribution is 5.28. The molecule has 23 heavy (non-hydrogen) atoms. The number of hydrogen-bond acceptors (Lipinski definition) is 4. The van der Waals surface area contributed by atoms with Crippen LogP contribution < -0.4 is 4.74 Å². The first kappa shape index (κ1) is 15.4. The molecule has 0 aromatic heterocycles. The van der Waals surface area contributed by atoms with E-state index in [-0.39, 0.29) is 6.10 Å². The minimum atomic E-state index is 0.258. The van der Waals surface area contributed by atoms with E-state index in [9.17, 15) is 0 Å². The second kappa shape index (κ2) is 6.80. The molecule has 4 rings (SSSR count). The summed E-state index contributed by atoms with van der Waals surface area (Å²) in [5, 5.41) is 0. The van der Waals surface area contributed by atoms with E-state index in [0.29, 0.717) is 12.1 Å². The van der Waals surface area contributed by atoms with Crippen molar-refractivity contribution in [3.63, 3.8) is 0 Å². The maximum absolute atomic E-state index is 6.16. The topological polar surface area (TPSA) is 30.9 Å². The number of hydrogen-bond donors (Lipinski definition) is 0. The van der Waals surface area contributed by atoms with Gasteiger partial charge in [-0.2, -0.15) is 0 Å². The molecule has 4 nitrogen and oxygen atoms in total. The smallest absolute Gasteiger partial charge is 0.119 e. The van der Waals surface area contributed by atoms with Crippen LogP contribution in [0, 0.1) is 5.92 Å². The molecule has 1 aromatic rings. The number of rotatable bonds is 6. The van der Waals surface area contributed by atoms with Crippen LogP contribution in [0.5, 0.6) is 5.75 Å². The fraction of sp³-hybridized carbons (Fsp3) is 0.684. The molecular formula is C19H27NO3. The van der Waals surface area contributed by atoms with Gasteiger partial charge in [0.15, 0.2) is 0 Å². The standard InChI is InChI=1S/C19H27NO3/c1-21-16-4-2-3-15(11-16)12-20-9-10-22-19-17(20)7-8-18(19)23-13-14-5-6-14/h2-4,11,14,17-19H,5-10,12-13H2,1H3/t17-,18-,19+/m0/s1. The van der Waals surface area contributed by atoms with Crippen molar-refractivity contribution in [2.45, 2.75) is 50.5 Å². The van der Waals surface area contributed by atoms with Gasteiger partial charge in [-0.1, -0.05) is 12.1 Å². The monoisotopic (exact) mass is 317 g/mol. The van der Waals surface area contributed by atoms with Crippen molar-refractivity contribution in [1.82, 2.24) is 4.90 Å². The fourth-order valence-corrected chi connectivity index (χ4v) is 3.92. The molecule has 0 radical (unpaired) electrons. The Bertz CT molecular complexity index is 531. The SMILES string of the molecule is COc1cccc(CN2CCO[C@H]3[C@@H](OCC4CC4)CC[C@@H]32)c1. The molecule has 1 heterocycles. The summed E-state index contributed by atoms with van der Waals surface area (Å²) >= 11 is 0. The fourth-order valence-electron chi connectivity index (χ4n) is 3.92. The van der Waals surface area contributed by atoms with E-state index >= 15 is 0 Å². The first-order valence-electron chi connectivity index (χ1n) is 8.93. The van der Waals surface area contributed by atoms with Gasteiger partial charge in [-0.25, -0.2) is 0 Å². The summed E-state index contributed by atoms with van der Waals surface area (Å²) < 4.78 is 17.6. The van der Waals surface area contributed by atoms with Crippen LogP contribution in [0.1, 0.15) is 31.2 Å². The first-order chi connectivity index (χ1) is 11.3. The molecule has 2 saturated carbocycles. The number of morpholine rings is 1. The molecule has 3 atom stereocenters. The highest BCUT2D eigenvalue weighted by atomic mass is 16.5. The van der Waals surface area contributed by atoms with Crippen LogP contribution in [0.25, 0.3) is 0 Å². The van der Waals surface area contributed by atoms with E-state index in [4.69, 9.17) is 14.2 Å². The second-order valence-corrected chi connectivity index (χ2v) is 7.12. The second-order valence-electron chi connectivity index (χ2n) is 7.12. The zero-order chi connectivity index (χ0) is 15.6. The Morgan fingerprint density at radius 1 is 1.22 bits per heavy atom. The third-order valence-electron chi connectivity index (χ3n) is 5.41. The van der Waals surface area contributed by atoms with E-state index in [1.165, 1.54) is 24.8 Å². The van der Waals surface area contributed by atoms with Crippen LogP contribution in [-0.2, 0) is 16.0 Å². The van der Waals surface area contributed by atoms with Gasteiger partial charge in [-0.3, -0.25) is 4.90 Å². The van der Waals surface area contributed by atoms with Crippen molar-refractivity contribution in [1.29, 1.82) is 0 Å². The molecule has 126 valence electrons. The van der Waals surface area contributed by atoms with Gasteiger partial charge < -0.3 is 14.2 Å². The number of ether oxygens (including phenoxy) is 3. The first-order valence-corrected chi connectivity index (χ1v) is 8.93. The Kier molecular flexibility index (Phi) is 4.56. The molecule has 0 bridgehead atoms. The lowest BCUT2D eigenvalue weighted by Gasteiger charge is -2.39. The zero-order valence-electron chi connectivity index (χ0n) is 13.9. The summed E-state index contributed by atoms with van der Waals surface area (Å²) in [5.74, 6) is 1.76. The van der Waals surface area contributed by atoms with Gasteiger partial charge in [0, 0.05) is 25.7 Å². The molecule has 1 aliphatic heterocycles. The molecule has 2 aliphatic carbocycles. The Hall–Kier alpha value is -1.10. The predicted molar refractivity (Wildman–Crippen MR) is 88.6 cm³/mol. The van der Waals surface area contributed by atoms with Gasteiger partial charge in [0.05, 0.1) is 25.9 Å². The minimum absolute atomic E-state index is 0.258. The molecule has 1 saturated heterocycles. The average Bonchev–Trinajstić information content (AvgIpc) is 3.32. The quantitative estimate of drug-likeness (QED) is 0.807. The molecular weight excluding hydrogens is 290 g/mol. The van der Waals surface area contributed by atoms with Gasteiger partial charge in [0.25, 0.3) is 0 Å². The number of nitrogens with zero attached hydrogens (tertiary/aromatic N) is 1. The van der Waals surface area contributed by atoms with Gasteiger partial charge in [-0.05, 0) is 49.3 Å². The van der Waals surface area contributed by atoms with Crippen molar-refractivity contribution < 1.29 is 14.2 Å². The van der Waals surface area contributed by atoms with Gasteiger partial charge >= 0.3 is 0 Å². The van der Waals surface area contributed by atoms with Crippen LogP contribution in [0.15, 0.2) is 24.3 Å². The predicted octanol–water partition coefficient (Wildman–Crippen LogP) is 2.85. The Balaban J connectivity index is 1.39. The normalized spacial score (nSPS) is 31.1. The number of fused-ring (bicyclic) bond motifs is 1. The van der Waals surface area contributed by atoms with E-state index in [1.54, 1.807) is 7.11 Å². The lowest BCUT2D eigenvalue weighted by atomic mass is 10.1. The molecule has 3 aliphatic rings. The molecule has 0 spiro atoms. The zero-order valence-corrected chi connectivity index (χ0v) is 13.9. The molecule has 1 aromatic carbocycles. The Labute approximate surface area is 138 Å². The van der Waals surface area contributed by atoms with Crippen LogP contribution in [-0.4, -0.2) is 50.0 Å². The van der Waals surface area contributed by atoms with Crippen molar-refractivity contribution in [2.75, 3.05) is 26.9 Å². The Morgan fingerprint density at radius 3 is 2.96 bits per heavy atom. The lowest BCUT2D eigenvalue weighted by molar-refractivity contribution is -0.116. The molecule has 0 N–H and O–H groups in total. The third-order valence-corrected chi connectivity index (χ3v) is 5.41. The summed E-state index contributed by atoms with van der Waals surface area (Å²) in [7, 11) is 1.72. The maximum Gasteiger partial charge on any atom is 0.119 e. The van der Waals surface area contributed by atoms with E-state index < -0.39 is 0 Å². The van der Waals surface area contributed by atoms with E-state index in [1.807, 2.05) is 6.07 Å². The van der Waals surface area contributed by atoms with E-state index in [2.05, 4.69) is 23.1 Å². The van der Waals surface area contributed by atoms with Crippen LogP contribution >= 0.6 is 0 Å². The van der Waals surface area contributed by atoms with E-state index in [0.717, 1.165) is 44.4 Å². The van der Waals surface area contributed by atoms with Crippen LogP contribution in [0.2, 0.25) is 0 Å². The largest absolute Gasteiger partial charge is 0.497 e. The summed E-state index contributed by atoms with van der Waals surface area (Å²) in [5.41, 5.74) is 1.31. The Morgan fingerprint density at radius 2 is 2.13 bits per heavy atom. The number of benzene rings is 1. The van der Waals surface area contributed by atoms with Crippen molar-refractivity contribution in [3.8, 4) is 5.75 Å². The third kappa shape index (κ3) is 3.54. The molecule has 3 fully saturated rings. The molecule has 0 unspecified atom stereocenters. The molecule has 4 heteroatoms. The van der Waals surface area contributed by atoms with Gasteiger partial charge in [0.1, 0.15) is 5.75 Å². The summed E-state index contributed by atoms with van der Waals surface area (Å²) in [4.78, 5) is 2.57. The minimum Gasteiger partial charge on any atom is -0.497 e. The van der Waals surface area contributed by atoms with Crippen molar-refractivity contribution >= 4 is 0 Å². The summed E-state index contributed by atoms with van der Waals surface area (Å²) in [6.45, 7) is 3.73. The highest BCUT2D eigenvalue weighted by Gasteiger charge is 2.43. The number of methoxy groups -OCH3 is 1. The molecule has 0 amide bonds. The summed E-state index contributed by atoms with van der Waals surface area (Å²) in [6.07, 6.45) is 5.58. The van der Waals surface area contributed by atoms with Crippen LogP contribution in [0.4, 0.5) is 0 Å². The van der Waals surface area contributed by atoms with Crippen molar-refractivity contribution in [2.24, 2.45) is 5.92 Å². The summed E-state index contributed by atoms with van der Waals surface area (Å²) in [6, 6.07) is 8.90. The van der Waals surface area contributed by atoms with Gasteiger partial charge in [-0.15, -0.1) is 0 Å². The average molecular weight is 317 g/mol.